The van der Waals surface area contributed by atoms with Crippen molar-refractivity contribution in [1.29, 1.82) is 0 Å². The Morgan fingerprint density at radius 3 is 2.22 bits per heavy atom. The largest absolute Gasteiger partial charge is 0.466 e. The van der Waals surface area contributed by atoms with Gasteiger partial charge in [-0.15, -0.1) is 0 Å². The lowest BCUT2D eigenvalue weighted by Crippen LogP contribution is -2.22. The molecule has 0 aromatic carbocycles. The van der Waals surface area contributed by atoms with E-state index in [0.29, 0.717) is 0 Å². The first-order valence-electron chi connectivity index (χ1n) is 6.40. The fourth-order valence-corrected chi connectivity index (χ4v) is 2.39. The van der Waals surface area contributed by atoms with Crippen molar-refractivity contribution in [2.45, 2.75) is 40.7 Å². The highest BCUT2D eigenvalue weighted by Crippen LogP contribution is 2.32. The summed E-state index contributed by atoms with van der Waals surface area (Å²) in [7, 11) is 0. The zero-order chi connectivity index (χ0) is 13.3. The van der Waals surface area contributed by atoms with E-state index in [9.17, 15) is 0 Å². The fourth-order valence-electron chi connectivity index (χ4n) is 2.39. The van der Waals surface area contributed by atoms with Crippen molar-refractivity contribution < 1.29 is 8.83 Å². The Morgan fingerprint density at radius 2 is 1.78 bits per heavy atom. The second kappa shape index (κ2) is 5.02. The van der Waals surface area contributed by atoms with Crippen LogP contribution in [-0.2, 0) is 0 Å². The van der Waals surface area contributed by atoms with Crippen molar-refractivity contribution in [3.8, 4) is 0 Å². The van der Waals surface area contributed by atoms with Crippen LogP contribution in [0.5, 0.6) is 0 Å². The quantitative estimate of drug-likeness (QED) is 0.893. The van der Waals surface area contributed by atoms with E-state index >= 15 is 0 Å². The fraction of sp³-hybridized carbons (Fsp3) is 0.467. The van der Waals surface area contributed by atoms with Gasteiger partial charge < -0.3 is 14.2 Å². The first kappa shape index (κ1) is 13.0. The van der Waals surface area contributed by atoms with Gasteiger partial charge in [0.05, 0.1) is 6.04 Å². The SMILES string of the molecule is CCNC(c1ccc(C)o1)c1c(C)oc(C)c1C. The summed E-state index contributed by atoms with van der Waals surface area (Å²) in [6.45, 7) is 11.1. The van der Waals surface area contributed by atoms with Crippen molar-refractivity contribution in [1.82, 2.24) is 5.32 Å². The molecule has 2 rings (SSSR count). The average Bonchev–Trinajstić information content (AvgIpc) is 2.83. The molecule has 0 aliphatic carbocycles. The van der Waals surface area contributed by atoms with Crippen LogP contribution in [0, 0.1) is 27.7 Å². The molecular formula is C15H21NO2. The number of hydrogen-bond acceptors (Lipinski definition) is 3. The van der Waals surface area contributed by atoms with Crippen molar-refractivity contribution >= 4 is 0 Å². The van der Waals surface area contributed by atoms with Gasteiger partial charge in [-0.2, -0.15) is 0 Å². The van der Waals surface area contributed by atoms with E-state index in [1.807, 2.05) is 32.9 Å². The molecule has 1 N–H and O–H groups in total. The number of hydrogen-bond donors (Lipinski definition) is 1. The highest BCUT2D eigenvalue weighted by molar-refractivity contribution is 5.38. The Kier molecular flexibility index (Phi) is 3.62. The molecule has 3 heteroatoms. The van der Waals surface area contributed by atoms with E-state index < -0.39 is 0 Å². The molecule has 3 nitrogen and oxygen atoms in total. The van der Waals surface area contributed by atoms with Crippen molar-refractivity contribution in [2.75, 3.05) is 6.54 Å². The van der Waals surface area contributed by atoms with Crippen molar-refractivity contribution in [3.05, 3.63) is 46.3 Å². The summed E-state index contributed by atoms with van der Waals surface area (Å²) in [6, 6.07) is 4.10. The molecule has 0 fully saturated rings. The highest BCUT2D eigenvalue weighted by atomic mass is 16.3. The molecule has 0 aliphatic rings. The molecular weight excluding hydrogens is 226 g/mol. The molecule has 2 aromatic rings. The Hall–Kier alpha value is -1.48. The normalized spacial score (nSPS) is 12.9. The van der Waals surface area contributed by atoms with Gasteiger partial charge in [-0.1, -0.05) is 6.92 Å². The number of nitrogens with one attached hydrogen (secondary N) is 1. The van der Waals surface area contributed by atoms with Gasteiger partial charge in [0.15, 0.2) is 0 Å². The second-order valence-corrected chi connectivity index (χ2v) is 4.69. The first-order valence-corrected chi connectivity index (χ1v) is 6.40. The van der Waals surface area contributed by atoms with Gasteiger partial charge in [0.1, 0.15) is 23.0 Å². The van der Waals surface area contributed by atoms with Crippen LogP contribution in [0.2, 0.25) is 0 Å². The second-order valence-electron chi connectivity index (χ2n) is 4.69. The van der Waals surface area contributed by atoms with Gasteiger partial charge in [-0.3, -0.25) is 0 Å². The standard InChI is InChI=1S/C15H21NO2/c1-6-16-15(13-8-7-9(2)17-13)14-10(3)11(4)18-12(14)5/h7-8,15-16H,6H2,1-5H3. The molecule has 0 saturated heterocycles. The third kappa shape index (κ3) is 2.23. The Bertz CT molecular complexity index is 537. The maximum atomic E-state index is 5.77. The third-order valence-corrected chi connectivity index (χ3v) is 3.36. The summed E-state index contributed by atoms with van der Waals surface area (Å²) in [5.74, 6) is 3.82. The van der Waals surface area contributed by atoms with Gasteiger partial charge >= 0.3 is 0 Å². The summed E-state index contributed by atoms with van der Waals surface area (Å²) in [4.78, 5) is 0. The maximum Gasteiger partial charge on any atom is 0.125 e. The van der Waals surface area contributed by atoms with Crippen LogP contribution in [0.15, 0.2) is 21.0 Å². The molecule has 0 spiro atoms. The molecule has 2 heterocycles. The van der Waals surface area contributed by atoms with Crippen LogP contribution in [0.25, 0.3) is 0 Å². The third-order valence-electron chi connectivity index (χ3n) is 3.36. The van der Waals surface area contributed by atoms with E-state index in [1.165, 1.54) is 11.1 Å². The van der Waals surface area contributed by atoms with Crippen LogP contribution >= 0.6 is 0 Å². The van der Waals surface area contributed by atoms with Crippen LogP contribution < -0.4 is 5.32 Å². The molecule has 0 amide bonds. The zero-order valence-corrected chi connectivity index (χ0v) is 11.8. The minimum absolute atomic E-state index is 0.0705. The van der Waals surface area contributed by atoms with Gasteiger partial charge in [-0.25, -0.2) is 0 Å². The van der Waals surface area contributed by atoms with E-state index in [-0.39, 0.29) is 6.04 Å². The number of aryl methyl sites for hydroxylation is 3. The first-order chi connectivity index (χ1) is 8.54. The molecule has 0 saturated carbocycles. The molecule has 0 radical (unpaired) electrons. The predicted molar refractivity (Wildman–Crippen MR) is 71.9 cm³/mol. The van der Waals surface area contributed by atoms with Gasteiger partial charge in [0.25, 0.3) is 0 Å². The van der Waals surface area contributed by atoms with Crippen LogP contribution in [0.1, 0.15) is 47.1 Å². The lowest BCUT2D eigenvalue weighted by atomic mass is 10.00. The molecule has 2 aromatic heterocycles. The van der Waals surface area contributed by atoms with E-state index in [4.69, 9.17) is 8.83 Å². The van der Waals surface area contributed by atoms with Crippen LogP contribution in [-0.4, -0.2) is 6.54 Å². The topological polar surface area (TPSA) is 38.3 Å². The molecule has 98 valence electrons. The zero-order valence-electron chi connectivity index (χ0n) is 11.8. The summed E-state index contributed by atoms with van der Waals surface area (Å²) in [5, 5.41) is 3.47. The monoisotopic (exact) mass is 247 g/mol. The minimum Gasteiger partial charge on any atom is -0.466 e. The highest BCUT2D eigenvalue weighted by Gasteiger charge is 2.24. The summed E-state index contributed by atoms with van der Waals surface area (Å²) in [5.41, 5.74) is 2.40. The Morgan fingerprint density at radius 1 is 1.06 bits per heavy atom. The molecule has 1 atom stereocenters. The van der Waals surface area contributed by atoms with E-state index in [1.54, 1.807) is 0 Å². The smallest absolute Gasteiger partial charge is 0.125 e. The Balaban J connectivity index is 2.47. The summed E-state index contributed by atoms with van der Waals surface area (Å²) in [6.07, 6.45) is 0. The molecule has 18 heavy (non-hydrogen) atoms. The van der Waals surface area contributed by atoms with Gasteiger partial charge in [0.2, 0.25) is 0 Å². The lowest BCUT2D eigenvalue weighted by molar-refractivity contribution is 0.428. The molecule has 0 aliphatic heterocycles. The van der Waals surface area contributed by atoms with Crippen molar-refractivity contribution in [2.24, 2.45) is 0 Å². The van der Waals surface area contributed by atoms with E-state index in [2.05, 4.69) is 19.2 Å². The number of furan rings is 2. The summed E-state index contributed by atoms with van der Waals surface area (Å²) < 4.78 is 11.5. The number of rotatable bonds is 4. The average molecular weight is 247 g/mol. The summed E-state index contributed by atoms with van der Waals surface area (Å²) >= 11 is 0. The van der Waals surface area contributed by atoms with Crippen LogP contribution in [0.3, 0.4) is 0 Å². The minimum atomic E-state index is 0.0705. The van der Waals surface area contributed by atoms with E-state index in [0.717, 1.165) is 29.6 Å². The maximum absolute atomic E-state index is 5.77. The lowest BCUT2D eigenvalue weighted by Gasteiger charge is -2.16. The predicted octanol–water partition coefficient (Wildman–Crippen LogP) is 3.81. The van der Waals surface area contributed by atoms with Gasteiger partial charge in [0, 0.05) is 5.56 Å². The van der Waals surface area contributed by atoms with Crippen LogP contribution in [0.4, 0.5) is 0 Å². The van der Waals surface area contributed by atoms with Gasteiger partial charge in [-0.05, 0) is 51.9 Å². The molecule has 0 bridgehead atoms. The Labute approximate surface area is 108 Å². The van der Waals surface area contributed by atoms with Crippen molar-refractivity contribution in [3.63, 3.8) is 0 Å². The molecule has 1 unspecified atom stereocenters.